The molecular weight excluding hydrogens is 541 g/mol. The lowest BCUT2D eigenvalue weighted by Crippen LogP contribution is -2.53. The van der Waals surface area contributed by atoms with Gasteiger partial charge in [-0.25, -0.2) is 14.4 Å². The van der Waals surface area contributed by atoms with E-state index in [1.807, 2.05) is 29.0 Å². The molecular formula is C24H20N2O6S4+2. The number of aryl methyl sites for hydroxylation is 2. The fourth-order valence-electron chi connectivity index (χ4n) is 3.60. The van der Waals surface area contributed by atoms with E-state index in [1.165, 1.54) is 54.2 Å². The largest absolute Gasteiger partial charge is 0.465 e. The van der Waals surface area contributed by atoms with Gasteiger partial charge in [-0.2, -0.15) is 9.13 Å². The lowest BCUT2D eigenvalue weighted by Gasteiger charge is -2.10. The third-order valence-corrected chi connectivity index (χ3v) is 10.5. The maximum Gasteiger partial charge on any atom is 0.345 e. The van der Waals surface area contributed by atoms with Crippen LogP contribution in [0, 0.1) is 0 Å². The average Bonchev–Trinajstić information content (AvgIpc) is 3.60. The minimum Gasteiger partial charge on any atom is -0.465 e. The van der Waals surface area contributed by atoms with Gasteiger partial charge in [-0.3, -0.25) is 0 Å². The fraction of sp³-hybridized carbons (Fsp3) is 0.208. The van der Waals surface area contributed by atoms with E-state index in [1.54, 1.807) is 23.1 Å². The molecule has 12 heteroatoms. The summed E-state index contributed by atoms with van der Waals surface area (Å²) in [6.45, 7) is 1.50. The maximum atomic E-state index is 12.5. The van der Waals surface area contributed by atoms with Crippen LogP contribution in [0.4, 0.5) is 0 Å². The Kier molecular flexibility index (Phi) is 7.75. The van der Waals surface area contributed by atoms with Crippen LogP contribution >= 0.6 is 47.0 Å². The fourth-order valence-corrected chi connectivity index (χ4v) is 8.25. The van der Waals surface area contributed by atoms with Crippen molar-refractivity contribution in [1.82, 2.24) is 0 Å². The number of nitrogens with zero attached hydrogens (tertiary/aromatic N) is 2. The number of fused-ring (bicyclic) bond motifs is 3. The van der Waals surface area contributed by atoms with Crippen molar-refractivity contribution in [2.24, 2.45) is 0 Å². The van der Waals surface area contributed by atoms with Gasteiger partial charge in [0.05, 0.1) is 15.6 Å². The molecule has 3 aliphatic rings. The van der Waals surface area contributed by atoms with Crippen LogP contribution in [-0.4, -0.2) is 38.2 Å². The summed E-state index contributed by atoms with van der Waals surface area (Å²) in [4.78, 5) is 37.5. The lowest BCUT2D eigenvalue weighted by molar-refractivity contribution is -0.795. The zero-order chi connectivity index (χ0) is 25.1. The number of esters is 3. The molecule has 0 fully saturated rings. The van der Waals surface area contributed by atoms with E-state index in [0.717, 1.165) is 33.0 Å². The normalized spacial score (nSPS) is 18.0. The number of methoxy groups -OCH3 is 1. The van der Waals surface area contributed by atoms with Crippen LogP contribution in [0.2, 0.25) is 0 Å². The van der Waals surface area contributed by atoms with Crippen LogP contribution in [0.15, 0.2) is 71.8 Å². The van der Waals surface area contributed by atoms with E-state index in [-0.39, 0.29) is 19.2 Å². The number of aromatic nitrogens is 2. The third kappa shape index (κ3) is 5.36. The lowest BCUT2D eigenvalue weighted by atomic mass is 10.1. The number of rotatable bonds is 6. The van der Waals surface area contributed by atoms with Gasteiger partial charge in [0.25, 0.3) is 11.4 Å². The molecule has 5 rings (SSSR count). The summed E-state index contributed by atoms with van der Waals surface area (Å²) in [6.07, 6.45) is 3.84. The van der Waals surface area contributed by atoms with Gasteiger partial charge in [0.15, 0.2) is 12.4 Å². The van der Waals surface area contributed by atoms with Crippen LogP contribution in [0.3, 0.4) is 0 Å². The Morgan fingerprint density at radius 3 is 2.17 bits per heavy atom. The molecule has 0 radical (unpaired) electrons. The summed E-state index contributed by atoms with van der Waals surface area (Å²) in [5.41, 5.74) is 2.58. The van der Waals surface area contributed by atoms with E-state index in [4.69, 9.17) is 14.2 Å². The first-order valence-electron chi connectivity index (χ1n) is 10.8. The summed E-state index contributed by atoms with van der Waals surface area (Å²) < 4.78 is 21.4. The molecule has 0 saturated carbocycles. The predicted molar refractivity (Wildman–Crippen MR) is 139 cm³/mol. The molecule has 36 heavy (non-hydrogen) atoms. The number of thioether (sulfide) groups is 4. The molecule has 8 nitrogen and oxygen atoms in total. The zero-order valence-corrected chi connectivity index (χ0v) is 22.3. The topological polar surface area (TPSA) is 86.7 Å². The Bertz CT molecular complexity index is 1350. The van der Waals surface area contributed by atoms with E-state index in [9.17, 15) is 14.4 Å². The van der Waals surface area contributed by atoms with Gasteiger partial charge in [0.1, 0.15) is 28.6 Å². The van der Waals surface area contributed by atoms with Gasteiger partial charge < -0.3 is 14.2 Å². The molecule has 0 bridgehead atoms. The molecule has 2 aromatic rings. The molecule has 2 aromatic heterocycles. The molecule has 0 aromatic carbocycles. The van der Waals surface area contributed by atoms with E-state index >= 15 is 0 Å². The highest BCUT2D eigenvalue weighted by Gasteiger charge is 2.30. The summed E-state index contributed by atoms with van der Waals surface area (Å²) >= 11 is 5.45. The molecule has 3 aliphatic heterocycles. The van der Waals surface area contributed by atoms with Crippen molar-refractivity contribution in [2.75, 3.05) is 20.3 Å². The van der Waals surface area contributed by atoms with Crippen molar-refractivity contribution in [3.8, 4) is 11.4 Å². The highest BCUT2D eigenvalue weighted by molar-refractivity contribution is 8.34. The smallest absolute Gasteiger partial charge is 0.345 e. The van der Waals surface area contributed by atoms with Crippen LogP contribution in [0.5, 0.6) is 0 Å². The first-order valence-corrected chi connectivity index (χ1v) is 14.2. The summed E-state index contributed by atoms with van der Waals surface area (Å²) in [6, 6.07) is 9.71. The highest BCUT2D eigenvalue weighted by Crippen LogP contribution is 2.55. The van der Waals surface area contributed by atoms with Gasteiger partial charge in [-0.1, -0.05) is 47.0 Å². The van der Waals surface area contributed by atoms with Gasteiger partial charge >= 0.3 is 17.9 Å². The first kappa shape index (κ1) is 25.0. The molecule has 0 saturated heterocycles. The van der Waals surface area contributed by atoms with Crippen LogP contribution in [-0.2, 0) is 36.9 Å². The molecule has 0 aliphatic carbocycles. The van der Waals surface area contributed by atoms with Gasteiger partial charge in [0, 0.05) is 18.2 Å². The van der Waals surface area contributed by atoms with Crippen molar-refractivity contribution >= 4 is 65.0 Å². The van der Waals surface area contributed by atoms with Crippen molar-refractivity contribution in [3.05, 3.63) is 77.4 Å². The summed E-state index contributed by atoms with van der Waals surface area (Å²) in [5.74, 6) is -1.32. The van der Waals surface area contributed by atoms with Crippen LogP contribution in [0.25, 0.3) is 11.4 Å². The molecule has 5 heterocycles. The molecule has 0 unspecified atom stereocenters. The van der Waals surface area contributed by atoms with E-state index < -0.39 is 11.9 Å². The zero-order valence-electron chi connectivity index (χ0n) is 19.0. The Morgan fingerprint density at radius 1 is 0.806 bits per heavy atom. The SMILES string of the molecule is COC(=O)C1=CS/C(=C2\SC=C(C(=O)OCCOC(=O)c3ccc4[n+](c3)CC[n+]3ccccc3-4)S2)S1. The van der Waals surface area contributed by atoms with E-state index in [2.05, 4.69) is 10.6 Å². The number of hydrogen-bond donors (Lipinski definition) is 0. The van der Waals surface area contributed by atoms with Crippen molar-refractivity contribution in [2.45, 2.75) is 13.1 Å². The van der Waals surface area contributed by atoms with Crippen molar-refractivity contribution < 1.29 is 37.7 Å². The average molecular weight is 561 g/mol. The van der Waals surface area contributed by atoms with Crippen molar-refractivity contribution in [1.29, 1.82) is 0 Å². The Balaban J connectivity index is 1.09. The number of carbonyl (C=O) groups is 3. The maximum absolute atomic E-state index is 12.5. The van der Waals surface area contributed by atoms with Gasteiger partial charge in [-0.05, 0) is 22.9 Å². The van der Waals surface area contributed by atoms with Gasteiger partial charge in [-0.15, -0.1) is 0 Å². The minimum atomic E-state index is -0.478. The van der Waals surface area contributed by atoms with Crippen LogP contribution in [0.1, 0.15) is 10.4 Å². The standard InChI is InChI=1S/C24H20N2O6S4/c1-30-21(28)18-13-33-23(35-18)24-34-14-19(36-24)22(29)32-11-10-31-20(27)15-5-6-17-16-4-2-3-7-25(16)8-9-26(17)12-15/h2-7,12-14H,8-11H2,1H3/q+2/b24-23-. The Morgan fingerprint density at radius 2 is 1.44 bits per heavy atom. The molecule has 0 spiro atoms. The van der Waals surface area contributed by atoms with E-state index in [0.29, 0.717) is 15.4 Å². The second-order valence-electron chi connectivity index (χ2n) is 7.52. The molecule has 0 N–H and O–H groups in total. The van der Waals surface area contributed by atoms with Gasteiger partial charge in [0.2, 0.25) is 13.1 Å². The number of ether oxygens (including phenoxy) is 3. The summed E-state index contributed by atoms with van der Waals surface area (Å²) in [5, 5.41) is 3.46. The molecule has 184 valence electrons. The number of carbonyl (C=O) groups excluding carboxylic acids is 3. The molecule has 0 amide bonds. The summed E-state index contributed by atoms with van der Waals surface area (Å²) in [7, 11) is 1.34. The minimum absolute atomic E-state index is 0.0395. The number of hydrogen-bond acceptors (Lipinski definition) is 10. The second-order valence-corrected chi connectivity index (χ2v) is 11.9. The quantitative estimate of drug-likeness (QED) is 0.226. The Labute approximate surface area is 224 Å². The Hall–Kier alpha value is -2.67. The highest BCUT2D eigenvalue weighted by atomic mass is 32.2. The monoisotopic (exact) mass is 560 g/mol. The first-order chi connectivity index (χ1) is 17.5. The number of pyridine rings is 2. The van der Waals surface area contributed by atoms with Crippen molar-refractivity contribution in [3.63, 3.8) is 0 Å². The van der Waals surface area contributed by atoms with Crippen LogP contribution < -0.4 is 9.13 Å². The molecule has 0 atom stereocenters. The second kappa shape index (κ2) is 11.2. The third-order valence-electron chi connectivity index (χ3n) is 5.30. The predicted octanol–water partition coefficient (Wildman–Crippen LogP) is 3.58.